The molecule has 0 saturated heterocycles. The maximum absolute atomic E-state index is 12.9. The molecule has 1 heterocycles. The number of alkyl halides is 3. The second-order valence-electron chi connectivity index (χ2n) is 4.34. The molecule has 2 nitrogen and oxygen atoms in total. The SMILES string of the molecule is Cc1cc(C(C)N)c2cccc(C(F)(F)F)c2n1. The number of aryl methyl sites for hydroxylation is 1. The zero-order valence-corrected chi connectivity index (χ0v) is 10.0. The van der Waals surface area contributed by atoms with Gasteiger partial charge in [0, 0.05) is 17.1 Å². The quantitative estimate of drug-likeness (QED) is 0.844. The van der Waals surface area contributed by atoms with Crippen LogP contribution in [0.5, 0.6) is 0 Å². The molecule has 2 N–H and O–H groups in total. The summed E-state index contributed by atoms with van der Waals surface area (Å²) in [5, 5.41) is 0.463. The van der Waals surface area contributed by atoms with Gasteiger partial charge < -0.3 is 5.73 Å². The smallest absolute Gasteiger partial charge is 0.324 e. The summed E-state index contributed by atoms with van der Waals surface area (Å²) >= 11 is 0. The topological polar surface area (TPSA) is 38.9 Å². The van der Waals surface area contributed by atoms with Crippen molar-refractivity contribution in [1.29, 1.82) is 0 Å². The highest BCUT2D eigenvalue weighted by atomic mass is 19.4. The third-order valence-corrected chi connectivity index (χ3v) is 2.80. The Hall–Kier alpha value is -1.62. The number of halogens is 3. The second-order valence-corrected chi connectivity index (χ2v) is 4.34. The Labute approximate surface area is 103 Å². The second kappa shape index (κ2) is 4.24. The highest BCUT2D eigenvalue weighted by Crippen LogP contribution is 2.35. The third kappa shape index (κ3) is 2.18. The first-order valence-corrected chi connectivity index (χ1v) is 5.53. The molecular formula is C13H13F3N2. The van der Waals surface area contributed by atoms with Crippen molar-refractivity contribution in [2.24, 2.45) is 5.73 Å². The van der Waals surface area contributed by atoms with Crippen molar-refractivity contribution in [2.45, 2.75) is 26.1 Å². The molecule has 5 heteroatoms. The Bertz CT molecular complexity index is 589. The lowest BCUT2D eigenvalue weighted by atomic mass is 10.00. The fourth-order valence-electron chi connectivity index (χ4n) is 2.01. The van der Waals surface area contributed by atoms with Crippen molar-refractivity contribution in [3.05, 3.63) is 41.1 Å². The van der Waals surface area contributed by atoms with E-state index in [0.717, 1.165) is 6.07 Å². The summed E-state index contributed by atoms with van der Waals surface area (Å²) in [6.45, 7) is 3.41. The minimum absolute atomic E-state index is 0.0303. The van der Waals surface area contributed by atoms with E-state index in [0.29, 0.717) is 16.6 Å². The normalized spacial score (nSPS) is 13.9. The largest absolute Gasteiger partial charge is 0.418 e. The lowest BCUT2D eigenvalue weighted by molar-refractivity contribution is -0.136. The number of aromatic nitrogens is 1. The number of nitrogens with two attached hydrogens (primary N) is 1. The standard InChI is InChI=1S/C13H13F3N2/c1-7-6-10(8(2)17)9-4-3-5-11(12(9)18-7)13(14,15)16/h3-6,8H,17H2,1-2H3. The van der Waals surface area contributed by atoms with Crippen molar-refractivity contribution >= 4 is 10.9 Å². The molecular weight excluding hydrogens is 241 g/mol. The predicted octanol–water partition coefficient (Wildman–Crippen LogP) is 3.58. The van der Waals surface area contributed by atoms with Gasteiger partial charge >= 0.3 is 6.18 Å². The Morgan fingerprint density at radius 2 is 1.94 bits per heavy atom. The van der Waals surface area contributed by atoms with Crippen LogP contribution in [-0.2, 0) is 6.18 Å². The highest BCUT2D eigenvalue weighted by molar-refractivity contribution is 5.86. The van der Waals surface area contributed by atoms with Crippen LogP contribution in [0.25, 0.3) is 10.9 Å². The van der Waals surface area contributed by atoms with Crippen LogP contribution in [-0.4, -0.2) is 4.98 Å². The molecule has 0 aliphatic carbocycles. The van der Waals surface area contributed by atoms with Crippen molar-refractivity contribution < 1.29 is 13.2 Å². The van der Waals surface area contributed by atoms with Crippen LogP contribution < -0.4 is 5.73 Å². The van der Waals surface area contributed by atoms with Crippen molar-refractivity contribution in [3.63, 3.8) is 0 Å². The molecule has 1 unspecified atom stereocenters. The van der Waals surface area contributed by atoms with E-state index in [1.165, 1.54) is 6.07 Å². The monoisotopic (exact) mass is 254 g/mol. The molecule has 0 amide bonds. The molecule has 0 fully saturated rings. The highest BCUT2D eigenvalue weighted by Gasteiger charge is 2.33. The molecule has 96 valence electrons. The van der Waals surface area contributed by atoms with Crippen LogP contribution in [0.1, 0.15) is 29.8 Å². The molecule has 1 aromatic carbocycles. The molecule has 0 spiro atoms. The van der Waals surface area contributed by atoms with E-state index in [4.69, 9.17) is 5.73 Å². The van der Waals surface area contributed by atoms with Crippen LogP contribution in [0.3, 0.4) is 0 Å². The number of fused-ring (bicyclic) bond motifs is 1. The molecule has 0 aliphatic rings. The number of para-hydroxylation sites is 1. The maximum Gasteiger partial charge on any atom is 0.418 e. The molecule has 1 aromatic heterocycles. The average Bonchev–Trinajstić information content (AvgIpc) is 2.25. The van der Waals surface area contributed by atoms with Gasteiger partial charge in [-0.15, -0.1) is 0 Å². The van der Waals surface area contributed by atoms with Gasteiger partial charge in [-0.3, -0.25) is 4.98 Å². The molecule has 2 rings (SSSR count). The molecule has 0 radical (unpaired) electrons. The van der Waals surface area contributed by atoms with Gasteiger partial charge in [0.25, 0.3) is 0 Å². The van der Waals surface area contributed by atoms with E-state index in [9.17, 15) is 13.2 Å². The summed E-state index contributed by atoms with van der Waals surface area (Å²) in [5.74, 6) is 0. The first kappa shape index (κ1) is 12.8. The summed E-state index contributed by atoms with van der Waals surface area (Å²) < 4.78 is 38.7. The number of rotatable bonds is 1. The molecule has 18 heavy (non-hydrogen) atoms. The summed E-state index contributed by atoms with van der Waals surface area (Å²) in [7, 11) is 0. The molecule has 0 bridgehead atoms. The zero-order chi connectivity index (χ0) is 13.5. The summed E-state index contributed by atoms with van der Waals surface area (Å²) in [6, 6.07) is 5.44. The van der Waals surface area contributed by atoms with Crippen LogP contribution in [0.4, 0.5) is 13.2 Å². The van der Waals surface area contributed by atoms with Gasteiger partial charge in [-0.1, -0.05) is 12.1 Å². The minimum atomic E-state index is -4.41. The third-order valence-electron chi connectivity index (χ3n) is 2.80. The number of nitrogens with zero attached hydrogens (tertiary/aromatic N) is 1. The van der Waals surface area contributed by atoms with Crippen molar-refractivity contribution in [1.82, 2.24) is 4.98 Å². The van der Waals surface area contributed by atoms with E-state index < -0.39 is 11.7 Å². The van der Waals surface area contributed by atoms with Crippen LogP contribution >= 0.6 is 0 Å². The Kier molecular flexibility index (Phi) is 3.02. The number of hydrogen-bond donors (Lipinski definition) is 1. The fraction of sp³-hybridized carbons (Fsp3) is 0.308. The van der Waals surface area contributed by atoms with E-state index in [2.05, 4.69) is 4.98 Å². The van der Waals surface area contributed by atoms with Gasteiger partial charge in [-0.25, -0.2) is 0 Å². The van der Waals surface area contributed by atoms with E-state index in [1.54, 1.807) is 26.0 Å². The van der Waals surface area contributed by atoms with E-state index in [1.807, 2.05) is 0 Å². The Morgan fingerprint density at radius 3 is 2.50 bits per heavy atom. The fourth-order valence-corrected chi connectivity index (χ4v) is 2.01. The lowest BCUT2D eigenvalue weighted by Crippen LogP contribution is -2.10. The van der Waals surface area contributed by atoms with E-state index in [-0.39, 0.29) is 11.6 Å². The first-order valence-electron chi connectivity index (χ1n) is 5.53. The molecule has 0 saturated carbocycles. The molecule has 2 aromatic rings. The van der Waals surface area contributed by atoms with Gasteiger partial charge in [0.15, 0.2) is 0 Å². The van der Waals surface area contributed by atoms with E-state index >= 15 is 0 Å². The number of benzene rings is 1. The predicted molar refractivity (Wildman–Crippen MR) is 64.1 cm³/mol. The number of hydrogen-bond acceptors (Lipinski definition) is 2. The average molecular weight is 254 g/mol. The summed E-state index contributed by atoms with van der Waals surface area (Å²) in [4.78, 5) is 4.01. The van der Waals surface area contributed by atoms with Crippen molar-refractivity contribution in [3.8, 4) is 0 Å². The minimum Gasteiger partial charge on any atom is -0.324 e. The van der Waals surface area contributed by atoms with Gasteiger partial charge in [-0.2, -0.15) is 13.2 Å². The first-order chi connectivity index (χ1) is 8.30. The Morgan fingerprint density at radius 1 is 1.28 bits per heavy atom. The molecule has 1 atom stereocenters. The van der Waals surface area contributed by atoms with Gasteiger partial charge in [0.1, 0.15) is 0 Å². The van der Waals surface area contributed by atoms with Gasteiger partial charge in [-0.05, 0) is 31.5 Å². The maximum atomic E-state index is 12.9. The summed E-state index contributed by atoms with van der Waals surface area (Å²) in [5.41, 5.74) is 6.27. The van der Waals surface area contributed by atoms with Gasteiger partial charge in [0.05, 0.1) is 11.1 Å². The van der Waals surface area contributed by atoms with Gasteiger partial charge in [0.2, 0.25) is 0 Å². The van der Waals surface area contributed by atoms with Crippen molar-refractivity contribution in [2.75, 3.05) is 0 Å². The molecule has 0 aliphatic heterocycles. The lowest BCUT2D eigenvalue weighted by Gasteiger charge is -2.15. The zero-order valence-electron chi connectivity index (χ0n) is 10.0. The summed E-state index contributed by atoms with van der Waals surface area (Å²) in [6.07, 6.45) is -4.41. The van der Waals surface area contributed by atoms with Crippen LogP contribution in [0, 0.1) is 6.92 Å². The number of pyridine rings is 1. The van der Waals surface area contributed by atoms with Crippen LogP contribution in [0.2, 0.25) is 0 Å². The van der Waals surface area contributed by atoms with Crippen LogP contribution in [0.15, 0.2) is 24.3 Å². The Balaban J connectivity index is 2.86.